The molecule has 4 rings (SSSR count). The molecule has 3 N–H and O–H groups in total. The van der Waals surface area contributed by atoms with Gasteiger partial charge in [0.25, 0.3) is 5.91 Å². The molecule has 9 heteroatoms. The molecule has 0 atom stereocenters. The van der Waals surface area contributed by atoms with Crippen LogP contribution in [0.5, 0.6) is 0 Å². The molecule has 1 aromatic heterocycles. The second-order valence-corrected chi connectivity index (χ2v) is 13.0. The highest BCUT2D eigenvalue weighted by molar-refractivity contribution is 7.89. The van der Waals surface area contributed by atoms with Crippen LogP contribution in [0.3, 0.4) is 0 Å². The van der Waals surface area contributed by atoms with Crippen LogP contribution in [-0.4, -0.2) is 79.2 Å². The summed E-state index contributed by atoms with van der Waals surface area (Å²) in [4.78, 5) is 17.9. The highest BCUT2D eigenvalue weighted by atomic mass is 32.2. The number of hydrogen-bond donors (Lipinski definition) is 2. The number of H-pyrrole nitrogens is 1. The number of nitrogens with two attached hydrogens (primary N) is 1. The van der Waals surface area contributed by atoms with Gasteiger partial charge >= 0.3 is 0 Å². The number of nitrogens with zero attached hydrogens (tertiary/aromatic N) is 2. The van der Waals surface area contributed by atoms with Crippen molar-refractivity contribution < 1.29 is 17.9 Å². The maximum atomic E-state index is 13.0. The number of carbonyl (C=O) groups is 1. The highest BCUT2D eigenvalue weighted by Crippen LogP contribution is 2.37. The predicted molar refractivity (Wildman–Crippen MR) is 157 cm³/mol. The fraction of sp³-hybridized carbons (Fsp3) is 0.500. The van der Waals surface area contributed by atoms with Crippen molar-refractivity contribution in [1.29, 1.82) is 0 Å². The third-order valence-corrected chi connectivity index (χ3v) is 9.62. The van der Waals surface area contributed by atoms with Gasteiger partial charge in [-0.25, -0.2) is 12.7 Å². The number of benzene rings is 2. The van der Waals surface area contributed by atoms with Gasteiger partial charge in [0.05, 0.1) is 30.0 Å². The molecule has 0 aliphatic carbocycles. The Hall–Kier alpha value is -2.72. The van der Waals surface area contributed by atoms with Crippen LogP contribution in [0.15, 0.2) is 48.7 Å². The third kappa shape index (κ3) is 6.90. The lowest BCUT2D eigenvalue weighted by Crippen LogP contribution is -2.41. The summed E-state index contributed by atoms with van der Waals surface area (Å²) >= 11 is 0. The molecule has 212 valence electrons. The van der Waals surface area contributed by atoms with Crippen LogP contribution in [0, 0.1) is 0 Å². The molecule has 0 saturated carbocycles. The molecule has 1 saturated heterocycles. The second-order valence-electron chi connectivity index (χ2n) is 10.9. The molecule has 2 aromatic carbocycles. The van der Waals surface area contributed by atoms with Crippen LogP contribution < -0.4 is 5.73 Å². The largest absolute Gasteiger partial charge is 0.379 e. The second kappa shape index (κ2) is 12.6. The maximum Gasteiger partial charge on any atom is 0.250 e. The van der Waals surface area contributed by atoms with Crippen LogP contribution in [0.25, 0.3) is 22.0 Å². The Bertz CT molecular complexity index is 1350. The number of ether oxygens (including phenoxy) is 1. The topological polar surface area (TPSA) is 109 Å². The molecule has 3 aromatic rings. The molecule has 0 unspecified atom stereocenters. The molecule has 1 aliphatic rings. The average molecular weight is 555 g/mol. The summed E-state index contributed by atoms with van der Waals surface area (Å²) < 4.78 is 33.3. The SMILES string of the molecule is CC(C)N(CCOCCS(=O)(=O)N1CCC(c2c[nH]c3c(C(N)=O)cc(-c4ccccc4)cc23)CC1)C(C)C. The van der Waals surface area contributed by atoms with E-state index in [2.05, 4.69) is 43.6 Å². The third-order valence-electron chi connectivity index (χ3n) is 7.79. The fourth-order valence-electron chi connectivity index (χ4n) is 5.71. The molecule has 0 bridgehead atoms. The minimum Gasteiger partial charge on any atom is -0.379 e. The van der Waals surface area contributed by atoms with E-state index in [1.807, 2.05) is 42.6 Å². The van der Waals surface area contributed by atoms with Crippen molar-refractivity contribution in [3.05, 3.63) is 59.8 Å². The summed E-state index contributed by atoms with van der Waals surface area (Å²) in [6.07, 6.45) is 3.38. The van der Waals surface area contributed by atoms with Crippen molar-refractivity contribution in [3.63, 3.8) is 0 Å². The van der Waals surface area contributed by atoms with Crippen molar-refractivity contribution in [3.8, 4) is 11.1 Å². The first-order chi connectivity index (χ1) is 18.6. The van der Waals surface area contributed by atoms with E-state index in [1.165, 1.54) is 0 Å². The van der Waals surface area contributed by atoms with Gasteiger partial charge in [0.2, 0.25) is 10.0 Å². The Kier molecular flexibility index (Phi) is 9.48. The number of primary amides is 1. The number of aromatic nitrogens is 1. The molecule has 0 radical (unpaired) electrons. The minimum absolute atomic E-state index is 0.00346. The zero-order chi connectivity index (χ0) is 28.2. The van der Waals surface area contributed by atoms with E-state index < -0.39 is 15.9 Å². The molecule has 39 heavy (non-hydrogen) atoms. The number of carbonyl (C=O) groups excluding carboxylic acids is 1. The molecule has 1 amide bonds. The number of hydrogen-bond acceptors (Lipinski definition) is 5. The highest BCUT2D eigenvalue weighted by Gasteiger charge is 2.30. The Labute approximate surface area is 232 Å². The normalized spacial score (nSPS) is 15.7. The van der Waals surface area contributed by atoms with Gasteiger partial charge < -0.3 is 15.5 Å². The standard InChI is InChI=1S/C30H42N4O4S/c1-21(2)34(22(3)4)14-15-38-16-17-39(36,37)33-12-10-24(11-13-33)28-20-32-29-26(28)18-25(19-27(29)30(31)35)23-8-6-5-7-9-23/h5-9,18-22,24,32H,10-17H2,1-4H3,(H2,31,35). The summed E-state index contributed by atoms with van der Waals surface area (Å²) in [6.45, 7) is 11.1. The number of aromatic amines is 1. The number of sulfonamides is 1. The lowest BCUT2D eigenvalue weighted by Gasteiger charge is -2.31. The van der Waals surface area contributed by atoms with Crippen LogP contribution in [0.4, 0.5) is 0 Å². The number of amides is 1. The molecule has 1 fully saturated rings. The Morgan fingerprint density at radius 3 is 2.33 bits per heavy atom. The monoisotopic (exact) mass is 554 g/mol. The van der Waals surface area contributed by atoms with Gasteiger partial charge in [-0.05, 0) is 75.3 Å². The molecule has 2 heterocycles. The zero-order valence-electron chi connectivity index (χ0n) is 23.5. The van der Waals surface area contributed by atoms with Crippen LogP contribution in [0.2, 0.25) is 0 Å². The molecule has 0 spiro atoms. The molecular weight excluding hydrogens is 512 g/mol. The smallest absolute Gasteiger partial charge is 0.250 e. The van der Waals surface area contributed by atoms with Crippen molar-refractivity contribution in [2.45, 2.75) is 58.5 Å². The fourth-order valence-corrected chi connectivity index (χ4v) is 7.06. The zero-order valence-corrected chi connectivity index (χ0v) is 24.3. The van der Waals surface area contributed by atoms with Gasteiger partial charge in [-0.15, -0.1) is 0 Å². The van der Waals surface area contributed by atoms with E-state index in [9.17, 15) is 13.2 Å². The Morgan fingerprint density at radius 1 is 1.05 bits per heavy atom. The number of fused-ring (bicyclic) bond motifs is 1. The van der Waals surface area contributed by atoms with E-state index in [1.54, 1.807) is 4.31 Å². The van der Waals surface area contributed by atoms with Crippen molar-refractivity contribution in [2.75, 3.05) is 38.6 Å². The Morgan fingerprint density at radius 2 is 1.72 bits per heavy atom. The maximum absolute atomic E-state index is 13.0. The van der Waals surface area contributed by atoms with Gasteiger partial charge in [-0.3, -0.25) is 9.69 Å². The van der Waals surface area contributed by atoms with E-state index in [-0.39, 0.29) is 18.3 Å². The van der Waals surface area contributed by atoms with Gasteiger partial charge in [0.1, 0.15) is 0 Å². The summed E-state index contributed by atoms with van der Waals surface area (Å²) in [7, 11) is -3.39. The van der Waals surface area contributed by atoms with Crippen LogP contribution >= 0.6 is 0 Å². The average Bonchev–Trinajstić information content (AvgIpc) is 3.34. The summed E-state index contributed by atoms with van der Waals surface area (Å²) in [6, 6.07) is 14.7. The van der Waals surface area contributed by atoms with E-state index in [0.29, 0.717) is 50.2 Å². The summed E-state index contributed by atoms with van der Waals surface area (Å²) in [5.74, 6) is -0.294. The van der Waals surface area contributed by atoms with Gasteiger partial charge in [0.15, 0.2) is 0 Å². The summed E-state index contributed by atoms with van der Waals surface area (Å²) in [5, 5.41) is 0.969. The van der Waals surface area contributed by atoms with Crippen molar-refractivity contribution in [2.24, 2.45) is 5.73 Å². The van der Waals surface area contributed by atoms with Crippen LogP contribution in [0.1, 0.15) is 62.4 Å². The number of nitrogens with one attached hydrogen (secondary N) is 1. The quantitative estimate of drug-likeness (QED) is 0.319. The van der Waals surface area contributed by atoms with Gasteiger partial charge in [-0.1, -0.05) is 30.3 Å². The van der Waals surface area contributed by atoms with Crippen LogP contribution in [-0.2, 0) is 14.8 Å². The lowest BCUT2D eigenvalue weighted by atomic mass is 9.88. The van der Waals surface area contributed by atoms with E-state index in [0.717, 1.165) is 34.1 Å². The van der Waals surface area contributed by atoms with Crippen molar-refractivity contribution in [1.82, 2.24) is 14.2 Å². The summed E-state index contributed by atoms with van der Waals surface area (Å²) in [5.41, 5.74) is 9.98. The number of piperidine rings is 1. The van der Waals surface area contributed by atoms with Gasteiger partial charge in [-0.2, -0.15) is 0 Å². The lowest BCUT2D eigenvalue weighted by molar-refractivity contribution is 0.0855. The minimum atomic E-state index is -3.39. The first kappa shape index (κ1) is 29.3. The number of rotatable bonds is 12. The predicted octanol–water partition coefficient (Wildman–Crippen LogP) is 4.58. The molecular formula is C30H42N4O4S. The van der Waals surface area contributed by atoms with Crippen molar-refractivity contribution >= 4 is 26.8 Å². The van der Waals surface area contributed by atoms with E-state index >= 15 is 0 Å². The van der Waals surface area contributed by atoms with Gasteiger partial charge in [0, 0.05) is 43.3 Å². The first-order valence-corrected chi connectivity index (χ1v) is 15.5. The Balaban J connectivity index is 1.39. The molecule has 8 nitrogen and oxygen atoms in total. The molecule has 1 aliphatic heterocycles. The first-order valence-electron chi connectivity index (χ1n) is 13.9. The van der Waals surface area contributed by atoms with E-state index in [4.69, 9.17) is 10.5 Å².